The fraction of sp³-hybridized carbons (Fsp3) is 0.533. The van der Waals surface area contributed by atoms with Crippen LogP contribution in [-0.4, -0.2) is 48.4 Å². The average Bonchev–Trinajstić information content (AvgIpc) is 3.08. The third kappa shape index (κ3) is 3.06. The van der Waals surface area contributed by atoms with Crippen molar-refractivity contribution in [2.75, 3.05) is 6.54 Å². The molecule has 7 heteroatoms. The average molecular weight is 366 g/mol. The number of aromatic nitrogens is 4. The molecule has 0 spiro atoms. The van der Waals surface area contributed by atoms with E-state index in [9.17, 15) is 5.11 Å². The molecular weight excluding hydrogens is 346 g/mol. The van der Waals surface area contributed by atoms with Crippen molar-refractivity contribution in [1.82, 2.24) is 25.1 Å². The number of tetrazole rings is 1. The second-order valence-corrected chi connectivity index (χ2v) is 7.09. The first-order valence-electron chi connectivity index (χ1n) is 7.45. The SMILES string of the molecule is CC(C)(O)C1CCCN1Cc1nnnn1-c1ccccc1Br. The monoisotopic (exact) mass is 365 g/mol. The van der Waals surface area contributed by atoms with Gasteiger partial charge in [-0.2, -0.15) is 4.68 Å². The minimum atomic E-state index is -0.720. The largest absolute Gasteiger partial charge is 0.389 e. The van der Waals surface area contributed by atoms with Gasteiger partial charge in [0.15, 0.2) is 5.82 Å². The van der Waals surface area contributed by atoms with Gasteiger partial charge in [0.05, 0.1) is 17.8 Å². The van der Waals surface area contributed by atoms with E-state index < -0.39 is 5.60 Å². The number of aliphatic hydroxyl groups is 1. The summed E-state index contributed by atoms with van der Waals surface area (Å²) < 4.78 is 2.70. The molecule has 1 atom stereocenters. The maximum absolute atomic E-state index is 10.3. The predicted octanol–water partition coefficient (Wildman–Crippen LogP) is 2.16. The number of rotatable bonds is 4. The summed E-state index contributed by atoms with van der Waals surface area (Å²) in [6.07, 6.45) is 2.09. The van der Waals surface area contributed by atoms with Crippen molar-refractivity contribution in [2.45, 2.75) is 44.9 Å². The topological polar surface area (TPSA) is 67.1 Å². The molecule has 1 aromatic heterocycles. The zero-order valence-corrected chi connectivity index (χ0v) is 14.4. The van der Waals surface area contributed by atoms with Gasteiger partial charge in [-0.05, 0) is 71.7 Å². The fourth-order valence-corrected chi connectivity index (χ4v) is 3.56. The van der Waals surface area contributed by atoms with Gasteiger partial charge in [0.1, 0.15) is 0 Å². The smallest absolute Gasteiger partial charge is 0.170 e. The van der Waals surface area contributed by atoms with E-state index in [0.29, 0.717) is 6.54 Å². The summed E-state index contributed by atoms with van der Waals surface area (Å²) in [6.45, 7) is 5.32. The highest BCUT2D eigenvalue weighted by Crippen LogP contribution is 2.28. The lowest BCUT2D eigenvalue weighted by atomic mass is 9.97. The second kappa shape index (κ2) is 6.06. The van der Waals surface area contributed by atoms with E-state index >= 15 is 0 Å². The Balaban J connectivity index is 1.86. The van der Waals surface area contributed by atoms with Crippen LogP contribution in [0.5, 0.6) is 0 Å². The lowest BCUT2D eigenvalue weighted by molar-refractivity contribution is -0.00594. The number of hydrogen-bond donors (Lipinski definition) is 1. The van der Waals surface area contributed by atoms with E-state index in [0.717, 1.165) is 35.4 Å². The fourth-order valence-electron chi connectivity index (χ4n) is 3.11. The molecule has 1 aliphatic heterocycles. The molecule has 6 nitrogen and oxygen atoms in total. The van der Waals surface area contributed by atoms with Gasteiger partial charge in [-0.15, -0.1) is 5.10 Å². The lowest BCUT2D eigenvalue weighted by Crippen LogP contribution is -2.45. The van der Waals surface area contributed by atoms with Crippen molar-refractivity contribution < 1.29 is 5.11 Å². The normalized spacial score (nSPS) is 19.7. The number of hydrogen-bond acceptors (Lipinski definition) is 5. The Hall–Kier alpha value is -1.31. The molecule has 1 aliphatic rings. The third-order valence-corrected chi connectivity index (χ3v) is 4.81. The summed E-state index contributed by atoms with van der Waals surface area (Å²) in [5, 5.41) is 22.4. The molecule has 1 N–H and O–H groups in total. The summed E-state index contributed by atoms with van der Waals surface area (Å²) in [4.78, 5) is 2.26. The highest BCUT2D eigenvalue weighted by molar-refractivity contribution is 9.10. The number of para-hydroxylation sites is 1. The molecule has 1 saturated heterocycles. The lowest BCUT2D eigenvalue weighted by Gasteiger charge is -2.33. The molecule has 0 saturated carbocycles. The van der Waals surface area contributed by atoms with Gasteiger partial charge >= 0.3 is 0 Å². The molecule has 118 valence electrons. The molecule has 22 heavy (non-hydrogen) atoms. The Morgan fingerprint density at radius 2 is 2.14 bits per heavy atom. The summed E-state index contributed by atoms with van der Waals surface area (Å²) >= 11 is 3.54. The van der Waals surface area contributed by atoms with Gasteiger partial charge in [-0.1, -0.05) is 12.1 Å². The molecule has 0 bridgehead atoms. The van der Waals surface area contributed by atoms with Gasteiger partial charge < -0.3 is 5.11 Å². The van der Waals surface area contributed by atoms with Crippen LogP contribution >= 0.6 is 15.9 Å². The van der Waals surface area contributed by atoms with Crippen molar-refractivity contribution in [1.29, 1.82) is 0 Å². The summed E-state index contributed by atoms with van der Waals surface area (Å²) in [6, 6.07) is 8.00. The van der Waals surface area contributed by atoms with Gasteiger partial charge in [0, 0.05) is 10.5 Å². The third-order valence-electron chi connectivity index (χ3n) is 4.14. The zero-order chi connectivity index (χ0) is 15.7. The second-order valence-electron chi connectivity index (χ2n) is 6.24. The first kappa shape index (κ1) is 15.6. The summed E-state index contributed by atoms with van der Waals surface area (Å²) in [5.74, 6) is 0.781. The van der Waals surface area contributed by atoms with E-state index in [-0.39, 0.29) is 6.04 Å². The van der Waals surface area contributed by atoms with Crippen molar-refractivity contribution in [3.8, 4) is 5.69 Å². The molecule has 1 aromatic carbocycles. The Morgan fingerprint density at radius 3 is 2.86 bits per heavy atom. The van der Waals surface area contributed by atoms with Crippen LogP contribution in [-0.2, 0) is 6.54 Å². The van der Waals surface area contributed by atoms with Crippen LogP contribution in [0.4, 0.5) is 0 Å². The van der Waals surface area contributed by atoms with Crippen LogP contribution in [0.1, 0.15) is 32.5 Å². The molecular formula is C15H20BrN5O. The summed E-state index contributed by atoms with van der Waals surface area (Å²) in [7, 11) is 0. The summed E-state index contributed by atoms with van der Waals surface area (Å²) in [5.41, 5.74) is 0.198. The molecule has 2 heterocycles. The molecule has 1 fully saturated rings. The Morgan fingerprint density at radius 1 is 1.36 bits per heavy atom. The maximum Gasteiger partial charge on any atom is 0.170 e. The minimum absolute atomic E-state index is 0.136. The Kier molecular flexibility index (Phi) is 4.29. The van der Waals surface area contributed by atoms with Crippen molar-refractivity contribution in [3.05, 3.63) is 34.6 Å². The Bertz CT molecular complexity index is 651. The first-order valence-corrected chi connectivity index (χ1v) is 8.24. The zero-order valence-electron chi connectivity index (χ0n) is 12.8. The number of benzene rings is 1. The van der Waals surface area contributed by atoms with Crippen molar-refractivity contribution in [2.24, 2.45) is 0 Å². The van der Waals surface area contributed by atoms with Crippen molar-refractivity contribution in [3.63, 3.8) is 0 Å². The number of likely N-dealkylation sites (tertiary alicyclic amines) is 1. The number of nitrogens with zero attached hydrogens (tertiary/aromatic N) is 5. The van der Waals surface area contributed by atoms with E-state index in [2.05, 4.69) is 36.4 Å². The van der Waals surface area contributed by atoms with Crippen LogP contribution in [0.3, 0.4) is 0 Å². The molecule has 0 radical (unpaired) electrons. The van der Waals surface area contributed by atoms with Crippen LogP contribution in [0.25, 0.3) is 5.69 Å². The van der Waals surface area contributed by atoms with Crippen LogP contribution in [0.15, 0.2) is 28.7 Å². The van der Waals surface area contributed by atoms with E-state index in [4.69, 9.17) is 0 Å². The van der Waals surface area contributed by atoms with E-state index in [1.54, 1.807) is 4.68 Å². The first-order chi connectivity index (χ1) is 10.5. The van der Waals surface area contributed by atoms with Gasteiger partial charge in [-0.25, -0.2) is 0 Å². The van der Waals surface area contributed by atoms with Crippen LogP contribution < -0.4 is 0 Å². The van der Waals surface area contributed by atoms with Crippen molar-refractivity contribution >= 4 is 15.9 Å². The van der Waals surface area contributed by atoms with E-state index in [1.165, 1.54) is 0 Å². The standard InChI is InChI=1S/C15H20BrN5O/c1-15(2,22)13-8-5-9-20(13)10-14-17-18-19-21(14)12-7-4-3-6-11(12)16/h3-4,6-7,13,22H,5,8-10H2,1-2H3. The van der Waals surface area contributed by atoms with Gasteiger partial charge in [-0.3, -0.25) is 4.90 Å². The van der Waals surface area contributed by atoms with Gasteiger partial charge in [0.2, 0.25) is 0 Å². The number of halogens is 1. The highest BCUT2D eigenvalue weighted by Gasteiger charge is 2.36. The van der Waals surface area contributed by atoms with Gasteiger partial charge in [0.25, 0.3) is 0 Å². The van der Waals surface area contributed by atoms with E-state index in [1.807, 2.05) is 38.1 Å². The molecule has 0 amide bonds. The quantitative estimate of drug-likeness (QED) is 0.898. The molecule has 3 rings (SSSR count). The molecule has 0 aliphatic carbocycles. The predicted molar refractivity (Wildman–Crippen MR) is 86.6 cm³/mol. The molecule has 1 unspecified atom stereocenters. The Labute approximate surface area is 138 Å². The minimum Gasteiger partial charge on any atom is -0.389 e. The molecule has 2 aromatic rings. The van der Waals surface area contributed by atoms with Crippen LogP contribution in [0.2, 0.25) is 0 Å². The van der Waals surface area contributed by atoms with Crippen LogP contribution in [0, 0.1) is 0 Å². The maximum atomic E-state index is 10.3. The highest BCUT2D eigenvalue weighted by atomic mass is 79.9.